The molecule has 0 spiro atoms. The monoisotopic (exact) mass is 324 g/mol. The van der Waals surface area contributed by atoms with Gasteiger partial charge < -0.3 is 5.11 Å². The third kappa shape index (κ3) is 3.20. The van der Waals surface area contributed by atoms with Gasteiger partial charge in [-0.25, -0.2) is 0 Å². The van der Waals surface area contributed by atoms with Crippen LogP contribution in [0.2, 0.25) is 0 Å². The Labute approximate surface area is 144 Å². The number of phenols is 1. The van der Waals surface area contributed by atoms with Gasteiger partial charge in [-0.1, -0.05) is 31.5 Å². The highest BCUT2D eigenvalue weighted by Crippen LogP contribution is 2.46. The second-order valence-electron chi connectivity index (χ2n) is 7.03. The van der Waals surface area contributed by atoms with Crippen molar-refractivity contribution < 1.29 is 5.11 Å². The lowest BCUT2D eigenvalue weighted by atomic mass is 9.94. The average molecular weight is 324 g/mol. The maximum Gasteiger partial charge on any atom is 0.180 e. The zero-order valence-corrected chi connectivity index (χ0v) is 14.8. The van der Waals surface area contributed by atoms with E-state index in [1.807, 2.05) is 36.4 Å². The minimum atomic E-state index is 0.454. The van der Waals surface area contributed by atoms with Gasteiger partial charge in [0, 0.05) is 17.5 Å². The van der Waals surface area contributed by atoms with Crippen molar-refractivity contribution in [2.45, 2.75) is 32.6 Å². The Balaban J connectivity index is 2.12. The van der Waals surface area contributed by atoms with Crippen molar-refractivity contribution in [3.63, 3.8) is 0 Å². The number of nitrogens with zero attached hydrogens (tertiary/aromatic N) is 3. The Kier molecular flexibility index (Phi) is 4.67. The van der Waals surface area contributed by atoms with Gasteiger partial charge in [0.2, 0.25) is 0 Å². The third-order valence-corrected chi connectivity index (χ3v) is 4.73. The van der Waals surface area contributed by atoms with Crippen LogP contribution in [0.1, 0.15) is 30.9 Å². The van der Waals surface area contributed by atoms with E-state index in [9.17, 15) is 5.11 Å². The summed E-state index contributed by atoms with van der Waals surface area (Å²) in [5, 5.41) is 19.8. The van der Waals surface area contributed by atoms with Crippen molar-refractivity contribution in [2.24, 2.45) is 10.2 Å². The van der Waals surface area contributed by atoms with Crippen molar-refractivity contribution in [2.75, 3.05) is 20.6 Å². The average Bonchev–Trinajstić information content (AvgIpc) is 2.56. The number of phenolic OH excluding ortho intramolecular Hbond substituents is 1. The number of azo groups is 1. The Morgan fingerprint density at radius 2 is 1.88 bits per heavy atom. The van der Waals surface area contributed by atoms with E-state index in [0.29, 0.717) is 10.2 Å². The van der Waals surface area contributed by atoms with Gasteiger partial charge in [0.25, 0.3) is 0 Å². The molecule has 1 heterocycles. The highest BCUT2D eigenvalue weighted by molar-refractivity contribution is 5.73. The number of rotatable bonds is 4. The van der Waals surface area contributed by atoms with Gasteiger partial charge in [-0.05, 0) is 31.0 Å². The molecule has 0 amide bonds. The van der Waals surface area contributed by atoms with Gasteiger partial charge >= 0.3 is 0 Å². The maximum atomic E-state index is 10.8. The van der Waals surface area contributed by atoms with Crippen LogP contribution in [0.4, 0.5) is 17.1 Å². The number of aryl methyl sites for hydroxylation is 1. The van der Waals surface area contributed by atoms with Crippen LogP contribution in [-0.2, 0) is 12.8 Å². The number of hydrogen-bond donors (Lipinski definition) is 1. The van der Waals surface area contributed by atoms with Crippen LogP contribution in [-0.4, -0.2) is 25.7 Å². The summed E-state index contributed by atoms with van der Waals surface area (Å²) < 4.78 is 0.701. The molecule has 2 aromatic rings. The van der Waals surface area contributed by atoms with E-state index < -0.39 is 0 Å². The highest BCUT2D eigenvalue weighted by Gasteiger charge is 2.34. The van der Waals surface area contributed by atoms with Gasteiger partial charge in [0.15, 0.2) is 11.4 Å². The van der Waals surface area contributed by atoms with E-state index in [1.54, 1.807) is 0 Å². The van der Waals surface area contributed by atoms with Crippen LogP contribution in [0.3, 0.4) is 0 Å². The maximum absolute atomic E-state index is 10.8. The normalized spacial score (nSPS) is 16.3. The molecule has 0 unspecified atom stereocenters. The first kappa shape index (κ1) is 16.7. The number of quaternary nitrogens is 1. The zero-order chi connectivity index (χ0) is 17.2. The van der Waals surface area contributed by atoms with Crippen molar-refractivity contribution in [3.05, 3.63) is 47.5 Å². The fourth-order valence-corrected chi connectivity index (χ4v) is 3.55. The molecule has 4 nitrogen and oxygen atoms in total. The predicted octanol–water partition coefficient (Wildman–Crippen LogP) is 5.27. The van der Waals surface area contributed by atoms with Crippen LogP contribution < -0.4 is 4.48 Å². The number of fused-ring (bicyclic) bond motifs is 1. The molecule has 24 heavy (non-hydrogen) atoms. The van der Waals surface area contributed by atoms with Crippen LogP contribution in [0.5, 0.6) is 5.75 Å². The van der Waals surface area contributed by atoms with Crippen LogP contribution in [0.25, 0.3) is 0 Å². The quantitative estimate of drug-likeness (QED) is 0.604. The molecule has 0 bridgehead atoms. The van der Waals surface area contributed by atoms with E-state index in [2.05, 4.69) is 31.2 Å². The molecule has 2 aromatic carbocycles. The SMILES string of the molecule is CCCc1cc(N=Nc2ccccc2)c2c(c1O)[N+](C)(C)CCC2. The molecule has 0 atom stereocenters. The predicted molar refractivity (Wildman–Crippen MR) is 99.5 cm³/mol. The molecular formula is C20H26N3O+. The Morgan fingerprint density at radius 1 is 1.12 bits per heavy atom. The molecule has 0 aliphatic carbocycles. The molecule has 4 heteroatoms. The fraction of sp³-hybridized carbons (Fsp3) is 0.400. The largest absolute Gasteiger partial charge is 0.503 e. The molecule has 126 valence electrons. The van der Waals surface area contributed by atoms with Crippen molar-refractivity contribution in [1.29, 1.82) is 0 Å². The van der Waals surface area contributed by atoms with Gasteiger partial charge in [0.05, 0.1) is 32.0 Å². The zero-order valence-electron chi connectivity index (χ0n) is 14.8. The second-order valence-corrected chi connectivity index (χ2v) is 7.03. The number of benzene rings is 2. The third-order valence-electron chi connectivity index (χ3n) is 4.73. The highest BCUT2D eigenvalue weighted by atomic mass is 16.3. The summed E-state index contributed by atoms with van der Waals surface area (Å²) in [7, 11) is 4.32. The van der Waals surface area contributed by atoms with Crippen LogP contribution in [0.15, 0.2) is 46.6 Å². The second kappa shape index (κ2) is 6.73. The Morgan fingerprint density at radius 3 is 2.58 bits per heavy atom. The Hall–Kier alpha value is -2.20. The molecule has 3 rings (SSSR count). The smallest absolute Gasteiger partial charge is 0.180 e. The number of aromatic hydroxyl groups is 1. The van der Waals surface area contributed by atoms with Crippen molar-refractivity contribution in [1.82, 2.24) is 4.48 Å². The lowest BCUT2D eigenvalue weighted by Crippen LogP contribution is -2.44. The minimum absolute atomic E-state index is 0.454. The molecule has 0 aromatic heterocycles. The van der Waals surface area contributed by atoms with E-state index in [4.69, 9.17) is 0 Å². The summed E-state index contributed by atoms with van der Waals surface area (Å²) >= 11 is 0. The van der Waals surface area contributed by atoms with Crippen LogP contribution >= 0.6 is 0 Å². The summed E-state index contributed by atoms with van der Waals surface area (Å²) in [6.07, 6.45) is 3.89. The lowest BCUT2D eigenvalue weighted by molar-refractivity contribution is 0.348. The summed E-state index contributed by atoms with van der Waals surface area (Å²) in [6, 6.07) is 11.8. The first-order valence-electron chi connectivity index (χ1n) is 8.71. The van der Waals surface area contributed by atoms with Crippen molar-refractivity contribution in [3.8, 4) is 5.75 Å². The molecule has 1 aliphatic rings. The van der Waals surface area contributed by atoms with Gasteiger partial charge in [-0.3, -0.25) is 4.48 Å². The Bertz CT molecular complexity index is 751. The lowest BCUT2D eigenvalue weighted by Gasteiger charge is -2.36. The van der Waals surface area contributed by atoms with Gasteiger partial charge in [0.1, 0.15) is 0 Å². The molecule has 1 aliphatic heterocycles. The van der Waals surface area contributed by atoms with Crippen LogP contribution in [0, 0.1) is 0 Å². The molecule has 0 radical (unpaired) electrons. The first-order valence-corrected chi connectivity index (χ1v) is 8.71. The van der Waals surface area contributed by atoms with E-state index >= 15 is 0 Å². The van der Waals surface area contributed by atoms with E-state index in [-0.39, 0.29) is 0 Å². The fourth-order valence-electron chi connectivity index (χ4n) is 3.55. The molecule has 0 fully saturated rings. The van der Waals surface area contributed by atoms with E-state index in [1.165, 1.54) is 0 Å². The number of hydrogen-bond acceptors (Lipinski definition) is 3. The first-order chi connectivity index (χ1) is 11.5. The van der Waals surface area contributed by atoms with Crippen molar-refractivity contribution >= 4 is 17.1 Å². The summed E-state index contributed by atoms with van der Waals surface area (Å²) in [5.74, 6) is 0.454. The van der Waals surface area contributed by atoms with Gasteiger partial charge in [-0.2, -0.15) is 10.2 Å². The molecule has 0 saturated carbocycles. The minimum Gasteiger partial charge on any atom is -0.503 e. The summed E-state index contributed by atoms with van der Waals surface area (Å²) in [4.78, 5) is 0. The summed E-state index contributed by atoms with van der Waals surface area (Å²) in [6.45, 7) is 3.16. The molecule has 0 saturated heterocycles. The topological polar surface area (TPSA) is 45.0 Å². The molecular weight excluding hydrogens is 298 g/mol. The molecule has 1 N–H and O–H groups in total. The summed E-state index contributed by atoms with van der Waals surface area (Å²) in [5.41, 5.74) is 4.89. The van der Waals surface area contributed by atoms with E-state index in [0.717, 1.165) is 60.4 Å². The van der Waals surface area contributed by atoms with Gasteiger partial charge in [-0.15, -0.1) is 0 Å². The standard InChI is InChI=1S/C20H25N3O/c1-4-9-15-14-18(22-21-16-10-6-5-7-11-16)17-12-8-13-23(2,3)19(17)20(15)24/h5-7,10-11,14H,4,8-9,12-13H2,1-3H3/p+1.